The first-order valence-corrected chi connectivity index (χ1v) is 7.23. The SMILES string of the molecule is Cl.O=C(c1cccc(F)c1)N1CCN(C2CCNC2)CC1. The van der Waals surface area contributed by atoms with E-state index in [9.17, 15) is 9.18 Å². The molecule has 1 amide bonds. The minimum atomic E-state index is -0.355. The highest BCUT2D eigenvalue weighted by Gasteiger charge is 2.28. The highest BCUT2D eigenvalue weighted by atomic mass is 35.5. The van der Waals surface area contributed by atoms with Crippen molar-refractivity contribution in [1.29, 1.82) is 0 Å². The molecule has 6 heteroatoms. The summed E-state index contributed by atoms with van der Waals surface area (Å²) in [6.45, 7) is 5.42. The van der Waals surface area contributed by atoms with Gasteiger partial charge in [0.25, 0.3) is 5.91 Å². The average Bonchev–Trinajstić information content (AvgIpc) is 3.01. The molecule has 2 aliphatic rings. The lowest BCUT2D eigenvalue weighted by molar-refractivity contribution is 0.0583. The van der Waals surface area contributed by atoms with E-state index in [0.717, 1.165) is 39.3 Å². The molecule has 0 saturated carbocycles. The van der Waals surface area contributed by atoms with Gasteiger partial charge in [0, 0.05) is 44.3 Å². The van der Waals surface area contributed by atoms with Crippen molar-refractivity contribution in [2.45, 2.75) is 12.5 Å². The van der Waals surface area contributed by atoms with Gasteiger partial charge < -0.3 is 10.2 Å². The van der Waals surface area contributed by atoms with Crippen LogP contribution in [-0.2, 0) is 0 Å². The average molecular weight is 314 g/mol. The molecule has 0 aliphatic carbocycles. The van der Waals surface area contributed by atoms with Crippen LogP contribution in [-0.4, -0.2) is 61.0 Å². The molecule has 2 heterocycles. The summed E-state index contributed by atoms with van der Waals surface area (Å²) in [4.78, 5) is 16.6. The van der Waals surface area contributed by atoms with Crippen LogP contribution in [0.3, 0.4) is 0 Å². The molecule has 0 radical (unpaired) electrons. The molecule has 2 aliphatic heterocycles. The number of hydrogen-bond acceptors (Lipinski definition) is 3. The molecule has 3 rings (SSSR count). The number of amides is 1. The van der Waals surface area contributed by atoms with Crippen LogP contribution >= 0.6 is 12.4 Å². The first kappa shape index (κ1) is 16.2. The van der Waals surface area contributed by atoms with E-state index in [-0.39, 0.29) is 24.1 Å². The third-order valence-electron chi connectivity index (χ3n) is 4.22. The Labute approximate surface area is 130 Å². The number of benzene rings is 1. The lowest BCUT2D eigenvalue weighted by atomic mass is 10.1. The zero-order chi connectivity index (χ0) is 13.9. The summed E-state index contributed by atoms with van der Waals surface area (Å²) in [5.74, 6) is -0.416. The summed E-state index contributed by atoms with van der Waals surface area (Å²) in [7, 11) is 0. The zero-order valence-corrected chi connectivity index (χ0v) is 12.7. The molecule has 0 bridgehead atoms. The van der Waals surface area contributed by atoms with Crippen LogP contribution in [0, 0.1) is 5.82 Å². The lowest BCUT2D eigenvalue weighted by Crippen LogP contribution is -2.52. The number of nitrogens with one attached hydrogen (secondary N) is 1. The van der Waals surface area contributed by atoms with Crippen molar-refractivity contribution in [2.24, 2.45) is 0 Å². The van der Waals surface area contributed by atoms with Crippen LogP contribution in [0.4, 0.5) is 4.39 Å². The van der Waals surface area contributed by atoms with Gasteiger partial charge in [-0.05, 0) is 31.2 Å². The maximum absolute atomic E-state index is 13.2. The highest BCUT2D eigenvalue weighted by molar-refractivity contribution is 5.94. The molecule has 1 aromatic carbocycles. The largest absolute Gasteiger partial charge is 0.336 e. The number of halogens is 2. The third-order valence-corrected chi connectivity index (χ3v) is 4.22. The van der Waals surface area contributed by atoms with E-state index < -0.39 is 0 Å². The number of nitrogens with zero attached hydrogens (tertiary/aromatic N) is 2. The first-order valence-electron chi connectivity index (χ1n) is 7.23. The molecule has 116 valence electrons. The molecule has 0 spiro atoms. The molecule has 1 atom stereocenters. The fourth-order valence-corrected chi connectivity index (χ4v) is 3.05. The van der Waals surface area contributed by atoms with Gasteiger partial charge >= 0.3 is 0 Å². The Balaban J connectivity index is 0.00000161. The van der Waals surface area contributed by atoms with Crippen molar-refractivity contribution >= 4 is 18.3 Å². The maximum Gasteiger partial charge on any atom is 0.254 e. The highest BCUT2D eigenvalue weighted by Crippen LogP contribution is 2.14. The minimum Gasteiger partial charge on any atom is -0.336 e. The number of piperazine rings is 1. The predicted octanol–water partition coefficient (Wildman–Crippen LogP) is 1.37. The molecular formula is C15H21ClFN3O. The fraction of sp³-hybridized carbons (Fsp3) is 0.533. The second-order valence-electron chi connectivity index (χ2n) is 5.49. The Morgan fingerprint density at radius 1 is 1.24 bits per heavy atom. The van der Waals surface area contributed by atoms with Gasteiger partial charge in [-0.1, -0.05) is 6.07 Å². The fourth-order valence-electron chi connectivity index (χ4n) is 3.05. The van der Waals surface area contributed by atoms with E-state index in [0.29, 0.717) is 11.6 Å². The van der Waals surface area contributed by atoms with Gasteiger partial charge in [-0.3, -0.25) is 9.69 Å². The molecule has 0 aromatic heterocycles. The van der Waals surface area contributed by atoms with Crippen LogP contribution in [0.5, 0.6) is 0 Å². The second-order valence-corrected chi connectivity index (χ2v) is 5.49. The van der Waals surface area contributed by atoms with Crippen LogP contribution in [0.15, 0.2) is 24.3 Å². The van der Waals surface area contributed by atoms with Crippen LogP contribution < -0.4 is 5.32 Å². The van der Waals surface area contributed by atoms with E-state index in [1.807, 2.05) is 4.90 Å². The van der Waals surface area contributed by atoms with Crippen molar-refractivity contribution in [3.05, 3.63) is 35.6 Å². The van der Waals surface area contributed by atoms with Gasteiger partial charge in [-0.25, -0.2) is 4.39 Å². The van der Waals surface area contributed by atoms with Gasteiger partial charge in [0.05, 0.1) is 0 Å². The molecular weight excluding hydrogens is 293 g/mol. The summed E-state index contributed by atoms with van der Waals surface area (Å²) in [5.41, 5.74) is 0.445. The summed E-state index contributed by atoms with van der Waals surface area (Å²) >= 11 is 0. The summed E-state index contributed by atoms with van der Waals surface area (Å²) in [6, 6.07) is 6.56. The van der Waals surface area contributed by atoms with Crippen LogP contribution in [0.25, 0.3) is 0 Å². The molecule has 2 saturated heterocycles. The third kappa shape index (κ3) is 3.73. The maximum atomic E-state index is 13.2. The minimum absolute atomic E-state index is 0. The summed E-state index contributed by atoms with van der Waals surface area (Å²) < 4.78 is 13.2. The van der Waals surface area contributed by atoms with Crippen molar-refractivity contribution in [3.8, 4) is 0 Å². The van der Waals surface area contributed by atoms with Crippen LogP contribution in [0.2, 0.25) is 0 Å². The number of rotatable bonds is 2. The van der Waals surface area contributed by atoms with Crippen molar-refractivity contribution in [1.82, 2.24) is 15.1 Å². The first-order chi connectivity index (χ1) is 9.74. The zero-order valence-electron chi connectivity index (χ0n) is 11.9. The van der Waals surface area contributed by atoms with E-state index in [1.54, 1.807) is 12.1 Å². The van der Waals surface area contributed by atoms with E-state index in [4.69, 9.17) is 0 Å². The Morgan fingerprint density at radius 3 is 2.62 bits per heavy atom. The Kier molecular flexibility index (Phi) is 5.56. The molecule has 2 fully saturated rings. The van der Waals surface area contributed by atoms with E-state index in [2.05, 4.69) is 10.2 Å². The quantitative estimate of drug-likeness (QED) is 0.896. The second kappa shape index (κ2) is 7.20. The molecule has 4 nitrogen and oxygen atoms in total. The van der Waals surface area contributed by atoms with E-state index >= 15 is 0 Å². The number of carbonyl (C=O) groups excluding carboxylic acids is 1. The summed E-state index contributed by atoms with van der Waals surface area (Å²) in [6.07, 6.45) is 1.19. The molecule has 21 heavy (non-hydrogen) atoms. The van der Waals surface area contributed by atoms with Crippen LogP contribution in [0.1, 0.15) is 16.8 Å². The van der Waals surface area contributed by atoms with Crippen molar-refractivity contribution in [3.63, 3.8) is 0 Å². The molecule has 1 unspecified atom stereocenters. The van der Waals surface area contributed by atoms with Gasteiger partial charge in [0.2, 0.25) is 0 Å². The van der Waals surface area contributed by atoms with Gasteiger partial charge in [0.15, 0.2) is 0 Å². The lowest BCUT2D eigenvalue weighted by Gasteiger charge is -2.37. The standard InChI is InChI=1S/C15H20FN3O.ClH/c16-13-3-1-2-12(10-13)15(20)19-8-6-18(7-9-19)14-4-5-17-11-14;/h1-3,10,14,17H,4-9,11H2;1H. The Bertz CT molecular complexity index is 486. The topological polar surface area (TPSA) is 35.6 Å². The van der Waals surface area contributed by atoms with E-state index in [1.165, 1.54) is 18.6 Å². The Hall–Kier alpha value is -1.17. The van der Waals surface area contributed by atoms with Gasteiger partial charge in [-0.2, -0.15) is 0 Å². The molecule has 1 N–H and O–H groups in total. The monoisotopic (exact) mass is 313 g/mol. The number of carbonyl (C=O) groups is 1. The normalized spacial score (nSPS) is 22.9. The van der Waals surface area contributed by atoms with Gasteiger partial charge in [0.1, 0.15) is 5.82 Å². The number of hydrogen-bond donors (Lipinski definition) is 1. The summed E-state index contributed by atoms with van der Waals surface area (Å²) in [5, 5.41) is 3.37. The van der Waals surface area contributed by atoms with Crippen molar-refractivity contribution in [2.75, 3.05) is 39.3 Å². The smallest absolute Gasteiger partial charge is 0.254 e. The molecule has 1 aromatic rings. The van der Waals surface area contributed by atoms with Gasteiger partial charge in [-0.15, -0.1) is 12.4 Å². The Morgan fingerprint density at radius 2 is 2.00 bits per heavy atom. The van der Waals surface area contributed by atoms with Crippen molar-refractivity contribution < 1.29 is 9.18 Å². The predicted molar refractivity (Wildman–Crippen MR) is 82.4 cm³/mol.